The largest absolute Gasteiger partial charge is 0.489 e. The van der Waals surface area contributed by atoms with Gasteiger partial charge in [0.25, 0.3) is 5.69 Å². The summed E-state index contributed by atoms with van der Waals surface area (Å²) in [6.45, 7) is 8.47. The number of nitrogens with zero attached hydrogens (tertiary/aromatic N) is 1. The second-order valence-electron chi connectivity index (χ2n) is 5.35. The number of hydrogen-bond donors (Lipinski definition) is 1. The van der Waals surface area contributed by atoms with Crippen molar-refractivity contribution in [1.29, 1.82) is 0 Å². The van der Waals surface area contributed by atoms with E-state index in [0.29, 0.717) is 18.7 Å². The molecule has 1 aromatic carbocycles. The van der Waals surface area contributed by atoms with Gasteiger partial charge in [-0.1, -0.05) is 0 Å². The highest BCUT2D eigenvalue weighted by Gasteiger charge is 2.16. The Labute approximate surface area is 111 Å². The fourth-order valence-electron chi connectivity index (χ4n) is 1.54. The van der Waals surface area contributed by atoms with E-state index >= 15 is 0 Å². The summed E-state index contributed by atoms with van der Waals surface area (Å²) in [6, 6.07) is 2.24. The zero-order valence-corrected chi connectivity index (χ0v) is 11.6. The summed E-state index contributed by atoms with van der Waals surface area (Å²) >= 11 is 0. The van der Waals surface area contributed by atoms with Gasteiger partial charge in [-0.05, 0) is 33.8 Å². The molecule has 0 atom stereocenters. The van der Waals surface area contributed by atoms with E-state index in [0.717, 1.165) is 6.07 Å². The van der Waals surface area contributed by atoms with Crippen molar-refractivity contribution < 1.29 is 14.1 Å². The third-order valence-corrected chi connectivity index (χ3v) is 2.46. The number of halogens is 1. The Kier molecular flexibility index (Phi) is 4.83. The SMILES string of the molecule is Cc1cc(OCCNC(C)(C)C)c(F)cc1[N+](=O)[O-]. The van der Waals surface area contributed by atoms with Gasteiger partial charge in [-0.25, -0.2) is 4.39 Å². The van der Waals surface area contributed by atoms with Crippen LogP contribution in [0.4, 0.5) is 10.1 Å². The predicted octanol–water partition coefficient (Wildman–Crippen LogP) is 2.81. The number of nitro benzene ring substituents is 1. The molecule has 0 fully saturated rings. The molecule has 0 saturated heterocycles. The molecule has 0 unspecified atom stereocenters. The van der Waals surface area contributed by atoms with Gasteiger partial charge in [-0.2, -0.15) is 0 Å². The minimum atomic E-state index is -0.715. The monoisotopic (exact) mass is 270 g/mol. The summed E-state index contributed by atoms with van der Waals surface area (Å²) in [6.07, 6.45) is 0. The van der Waals surface area contributed by atoms with E-state index in [1.807, 2.05) is 20.8 Å². The highest BCUT2D eigenvalue weighted by molar-refractivity contribution is 5.45. The van der Waals surface area contributed by atoms with Gasteiger partial charge >= 0.3 is 0 Å². The average molecular weight is 270 g/mol. The number of nitro groups is 1. The summed E-state index contributed by atoms with van der Waals surface area (Å²) in [5, 5.41) is 13.8. The number of rotatable bonds is 5. The van der Waals surface area contributed by atoms with Crippen molar-refractivity contribution in [1.82, 2.24) is 5.32 Å². The molecule has 1 rings (SSSR count). The van der Waals surface area contributed by atoms with Crippen LogP contribution in [0.2, 0.25) is 0 Å². The third-order valence-electron chi connectivity index (χ3n) is 2.46. The zero-order valence-electron chi connectivity index (χ0n) is 11.6. The molecule has 0 heterocycles. The quantitative estimate of drug-likeness (QED) is 0.507. The number of hydrogen-bond acceptors (Lipinski definition) is 4. The standard InChI is InChI=1S/C13H19FN2O3/c1-9-7-12(10(14)8-11(9)16(17)18)19-6-5-15-13(2,3)4/h7-8,15H,5-6H2,1-4H3. The Morgan fingerprint density at radius 2 is 2.05 bits per heavy atom. The Hall–Kier alpha value is -1.69. The van der Waals surface area contributed by atoms with Crippen LogP contribution in [0.5, 0.6) is 5.75 Å². The molecule has 0 aliphatic rings. The molecule has 0 amide bonds. The maximum atomic E-state index is 13.6. The molecule has 6 heteroatoms. The summed E-state index contributed by atoms with van der Waals surface area (Å²) < 4.78 is 18.9. The van der Waals surface area contributed by atoms with Crippen LogP contribution in [0.1, 0.15) is 26.3 Å². The minimum Gasteiger partial charge on any atom is -0.489 e. The lowest BCUT2D eigenvalue weighted by Gasteiger charge is -2.20. The molecule has 0 aliphatic carbocycles. The molecule has 0 aromatic heterocycles. The average Bonchev–Trinajstić information content (AvgIpc) is 2.26. The molecular weight excluding hydrogens is 251 g/mol. The molecule has 5 nitrogen and oxygen atoms in total. The Balaban J connectivity index is 2.65. The normalized spacial score (nSPS) is 11.4. The second-order valence-corrected chi connectivity index (χ2v) is 5.35. The first kappa shape index (κ1) is 15.4. The Morgan fingerprint density at radius 1 is 1.42 bits per heavy atom. The van der Waals surface area contributed by atoms with Crippen LogP contribution in [0.25, 0.3) is 0 Å². The van der Waals surface area contributed by atoms with Crippen molar-refractivity contribution in [2.75, 3.05) is 13.2 Å². The smallest absolute Gasteiger partial charge is 0.275 e. The van der Waals surface area contributed by atoms with Crippen molar-refractivity contribution in [3.8, 4) is 5.75 Å². The van der Waals surface area contributed by atoms with Crippen LogP contribution in [-0.2, 0) is 0 Å². The Bertz CT molecular complexity index is 470. The van der Waals surface area contributed by atoms with Gasteiger partial charge in [0.05, 0.1) is 11.0 Å². The first-order valence-electron chi connectivity index (χ1n) is 6.03. The van der Waals surface area contributed by atoms with Crippen LogP contribution >= 0.6 is 0 Å². The van der Waals surface area contributed by atoms with Gasteiger partial charge in [0.2, 0.25) is 0 Å². The third kappa shape index (κ3) is 4.82. The lowest BCUT2D eigenvalue weighted by Crippen LogP contribution is -2.38. The topological polar surface area (TPSA) is 64.4 Å². The van der Waals surface area contributed by atoms with Crippen LogP contribution in [0, 0.1) is 22.9 Å². The summed E-state index contributed by atoms with van der Waals surface area (Å²) in [4.78, 5) is 10.0. The molecule has 0 bridgehead atoms. The van der Waals surface area contributed by atoms with E-state index in [1.165, 1.54) is 6.07 Å². The highest BCUT2D eigenvalue weighted by Crippen LogP contribution is 2.26. The molecule has 0 saturated carbocycles. The van der Waals surface area contributed by atoms with Crippen LogP contribution < -0.4 is 10.1 Å². The lowest BCUT2D eigenvalue weighted by molar-refractivity contribution is -0.385. The molecule has 106 valence electrons. The number of aryl methyl sites for hydroxylation is 1. The van der Waals surface area contributed by atoms with E-state index < -0.39 is 10.7 Å². The number of nitrogens with one attached hydrogen (secondary N) is 1. The molecule has 1 N–H and O–H groups in total. The summed E-state index contributed by atoms with van der Waals surface area (Å²) in [5.41, 5.74) is 0.107. The number of benzene rings is 1. The van der Waals surface area contributed by atoms with E-state index in [4.69, 9.17) is 4.74 Å². The Morgan fingerprint density at radius 3 is 2.58 bits per heavy atom. The molecule has 0 spiro atoms. The van der Waals surface area contributed by atoms with Gasteiger partial charge in [0, 0.05) is 17.6 Å². The summed E-state index contributed by atoms with van der Waals surface area (Å²) in [5.74, 6) is -0.674. The molecule has 19 heavy (non-hydrogen) atoms. The van der Waals surface area contributed by atoms with Crippen LogP contribution in [-0.4, -0.2) is 23.6 Å². The van der Waals surface area contributed by atoms with E-state index in [2.05, 4.69) is 5.32 Å². The van der Waals surface area contributed by atoms with Gasteiger partial charge < -0.3 is 10.1 Å². The van der Waals surface area contributed by atoms with E-state index in [-0.39, 0.29) is 17.0 Å². The fraction of sp³-hybridized carbons (Fsp3) is 0.538. The van der Waals surface area contributed by atoms with Crippen molar-refractivity contribution in [3.63, 3.8) is 0 Å². The maximum absolute atomic E-state index is 13.6. The lowest BCUT2D eigenvalue weighted by atomic mass is 10.1. The van der Waals surface area contributed by atoms with Gasteiger partial charge in [-0.15, -0.1) is 0 Å². The van der Waals surface area contributed by atoms with Crippen molar-refractivity contribution >= 4 is 5.69 Å². The maximum Gasteiger partial charge on any atom is 0.275 e. The summed E-state index contributed by atoms with van der Waals surface area (Å²) in [7, 11) is 0. The second kappa shape index (κ2) is 5.97. The zero-order chi connectivity index (χ0) is 14.6. The molecule has 0 radical (unpaired) electrons. The molecule has 1 aromatic rings. The van der Waals surface area contributed by atoms with Crippen LogP contribution in [0.15, 0.2) is 12.1 Å². The van der Waals surface area contributed by atoms with Gasteiger partial charge in [-0.3, -0.25) is 10.1 Å². The van der Waals surface area contributed by atoms with E-state index in [9.17, 15) is 14.5 Å². The van der Waals surface area contributed by atoms with E-state index in [1.54, 1.807) is 6.92 Å². The van der Waals surface area contributed by atoms with Gasteiger partial charge in [0.1, 0.15) is 6.61 Å². The predicted molar refractivity (Wildman–Crippen MR) is 71.0 cm³/mol. The molecule has 0 aliphatic heterocycles. The van der Waals surface area contributed by atoms with Gasteiger partial charge in [0.15, 0.2) is 11.6 Å². The van der Waals surface area contributed by atoms with Crippen molar-refractivity contribution in [3.05, 3.63) is 33.6 Å². The molecular formula is C13H19FN2O3. The van der Waals surface area contributed by atoms with Crippen LogP contribution in [0.3, 0.4) is 0 Å². The first-order valence-corrected chi connectivity index (χ1v) is 6.03. The highest BCUT2D eigenvalue weighted by atomic mass is 19.1. The first-order chi connectivity index (χ1) is 8.70. The fourth-order valence-corrected chi connectivity index (χ4v) is 1.54. The van der Waals surface area contributed by atoms with Crippen molar-refractivity contribution in [2.24, 2.45) is 0 Å². The van der Waals surface area contributed by atoms with Crippen molar-refractivity contribution in [2.45, 2.75) is 33.2 Å². The minimum absolute atomic E-state index is 0.0344. The number of ether oxygens (including phenoxy) is 1.